The van der Waals surface area contributed by atoms with Gasteiger partial charge in [-0.25, -0.2) is 0 Å². The Morgan fingerprint density at radius 1 is 1.14 bits per heavy atom. The smallest absolute Gasteiger partial charge is 0.260 e. The monoisotopic (exact) mass is 392 g/mol. The Balaban J connectivity index is 1.25. The Morgan fingerprint density at radius 2 is 1.93 bits per heavy atom. The lowest BCUT2D eigenvalue weighted by Gasteiger charge is -2.25. The Labute approximate surface area is 174 Å². The summed E-state index contributed by atoms with van der Waals surface area (Å²) < 4.78 is 6.05. The molecule has 0 aromatic heterocycles. The molecule has 0 bridgehead atoms. The van der Waals surface area contributed by atoms with E-state index in [2.05, 4.69) is 47.5 Å². The number of fused-ring (bicyclic) bond motifs is 2. The molecule has 0 saturated carbocycles. The predicted octanol–water partition coefficient (Wildman–Crippen LogP) is 4.29. The van der Waals surface area contributed by atoms with E-state index < -0.39 is 6.10 Å². The largest absolute Gasteiger partial charge is 0.481 e. The molecular formula is C25H32N2O2. The van der Waals surface area contributed by atoms with Crippen LogP contribution >= 0.6 is 0 Å². The van der Waals surface area contributed by atoms with Gasteiger partial charge in [0.15, 0.2) is 6.10 Å². The first-order valence-corrected chi connectivity index (χ1v) is 11.0. The van der Waals surface area contributed by atoms with Crippen LogP contribution in [-0.2, 0) is 24.1 Å². The zero-order valence-corrected chi connectivity index (χ0v) is 17.6. The molecule has 0 spiro atoms. The van der Waals surface area contributed by atoms with Crippen LogP contribution in [0, 0.1) is 0 Å². The maximum atomic E-state index is 12.5. The number of anilines is 1. The molecule has 4 heteroatoms. The number of nitrogens with zero attached hydrogens (tertiary/aromatic N) is 1. The molecule has 1 amide bonds. The van der Waals surface area contributed by atoms with Crippen molar-refractivity contribution in [3.05, 3.63) is 59.2 Å². The van der Waals surface area contributed by atoms with E-state index in [9.17, 15) is 4.79 Å². The van der Waals surface area contributed by atoms with Gasteiger partial charge < -0.3 is 15.0 Å². The number of carbonyl (C=O) groups is 1. The molecule has 1 aliphatic heterocycles. The van der Waals surface area contributed by atoms with E-state index in [-0.39, 0.29) is 5.91 Å². The molecule has 0 unspecified atom stereocenters. The fraction of sp³-hybridized carbons (Fsp3) is 0.480. The summed E-state index contributed by atoms with van der Waals surface area (Å²) in [6.45, 7) is 5.75. The molecule has 2 atom stereocenters. The number of carbonyl (C=O) groups excluding carboxylic acids is 1. The van der Waals surface area contributed by atoms with Crippen LogP contribution in [0.15, 0.2) is 42.5 Å². The maximum Gasteiger partial charge on any atom is 0.260 e. The molecule has 0 radical (unpaired) electrons. The number of para-hydroxylation sites is 1. The van der Waals surface area contributed by atoms with Gasteiger partial charge in [-0.1, -0.05) is 30.3 Å². The van der Waals surface area contributed by atoms with Crippen LogP contribution in [0.2, 0.25) is 0 Å². The van der Waals surface area contributed by atoms with Gasteiger partial charge in [-0.3, -0.25) is 4.79 Å². The van der Waals surface area contributed by atoms with Crippen LogP contribution in [0.5, 0.6) is 5.75 Å². The highest BCUT2D eigenvalue weighted by Crippen LogP contribution is 2.32. The molecular weight excluding hydrogens is 360 g/mol. The van der Waals surface area contributed by atoms with Gasteiger partial charge in [0, 0.05) is 24.8 Å². The summed E-state index contributed by atoms with van der Waals surface area (Å²) in [7, 11) is 0. The van der Waals surface area contributed by atoms with E-state index in [1.54, 1.807) is 0 Å². The van der Waals surface area contributed by atoms with E-state index in [0.29, 0.717) is 12.6 Å². The zero-order chi connectivity index (χ0) is 20.2. The Morgan fingerprint density at radius 3 is 2.83 bits per heavy atom. The topological polar surface area (TPSA) is 41.6 Å². The van der Waals surface area contributed by atoms with Crippen LogP contribution in [0.4, 0.5) is 5.69 Å². The maximum absolute atomic E-state index is 12.5. The SMILES string of the molecule is C[C@@H]1Cc2ccccc2N1CCCNC(=O)[C@@H](C)Oc1cccc2c1CCCC2. The van der Waals surface area contributed by atoms with Crippen molar-refractivity contribution in [1.29, 1.82) is 0 Å². The van der Waals surface area contributed by atoms with Crippen LogP contribution in [0.3, 0.4) is 0 Å². The van der Waals surface area contributed by atoms with E-state index in [0.717, 1.165) is 38.0 Å². The highest BCUT2D eigenvalue weighted by molar-refractivity contribution is 5.80. The summed E-state index contributed by atoms with van der Waals surface area (Å²) in [6, 6.07) is 15.4. The third-order valence-electron chi connectivity index (χ3n) is 6.25. The fourth-order valence-electron chi connectivity index (χ4n) is 4.68. The van der Waals surface area contributed by atoms with Gasteiger partial charge >= 0.3 is 0 Å². The summed E-state index contributed by atoms with van der Waals surface area (Å²) in [6.07, 6.45) is 6.17. The van der Waals surface area contributed by atoms with Crippen molar-refractivity contribution in [3.8, 4) is 5.75 Å². The average molecular weight is 393 g/mol. The molecule has 4 nitrogen and oxygen atoms in total. The molecule has 29 heavy (non-hydrogen) atoms. The van der Waals surface area contributed by atoms with Crippen molar-refractivity contribution >= 4 is 11.6 Å². The van der Waals surface area contributed by atoms with E-state index in [4.69, 9.17) is 4.74 Å². The summed E-state index contributed by atoms with van der Waals surface area (Å²) in [5.74, 6) is 0.848. The minimum atomic E-state index is -0.477. The first-order valence-electron chi connectivity index (χ1n) is 11.0. The number of hydrogen-bond donors (Lipinski definition) is 1. The van der Waals surface area contributed by atoms with Crippen molar-refractivity contribution in [1.82, 2.24) is 5.32 Å². The third-order valence-corrected chi connectivity index (χ3v) is 6.25. The number of ether oxygens (including phenoxy) is 1. The molecule has 154 valence electrons. The van der Waals surface area contributed by atoms with E-state index in [1.165, 1.54) is 35.2 Å². The second-order valence-corrected chi connectivity index (χ2v) is 8.38. The molecule has 4 rings (SSSR count). The lowest BCUT2D eigenvalue weighted by atomic mass is 9.91. The number of nitrogens with one attached hydrogen (secondary N) is 1. The second kappa shape index (κ2) is 8.89. The minimum Gasteiger partial charge on any atom is -0.481 e. The molecule has 1 heterocycles. The van der Waals surface area contributed by atoms with E-state index in [1.807, 2.05) is 19.1 Å². The number of amides is 1. The van der Waals surface area contributed by atoms with Crippen LogP contribution in [0.25, 0.3) is 0 Å². The van der Waals surface area contributed by atoms with Crippen LogP contribution in [-0.4, -0.2) is 31.1 Å². The summed E-state index contributed by atoms with van der Waals surface area (Å²) >= 11 is 0. The minimum absolute atomic E-state index is 0.0340. The number of aryl methyl sites for hydroxylation is 1. The van der Waals surface area contributed by atoms with Gasteiger partial charge in [0.25, 0.3) is 5.91 Å². The third kappa shape index (κ3) is 4.42. The molecule has 1 aliphatic carbocycles. The first kappa shape index (κ1) is 19.8. The Hall–Kier alpha value is -2.49. The van der Waals surface area contributed by atoms with E-state index >= 15 is 0 Å². The molecule has 0 fully saturated rings. The first-order chi connectivity index (χ1) is 14.1. The van der Waals surface area contributed by atoms with Gasteiger partial charge in [0.1, 0.15) is 5.75 Å². The Bertz CT molecular complexity index is 864. The number of rotatable bonds is 7. The summed E-state index contributed by atoms with van der Waals surface area (Å²) in [5, 5.41) is 3.05. The molecule has 2 aliphatic rings. The quantitative estimate of drug-likeness (QED) is 0.715. The van der Waals surface area contributed by atoms with Gasteiger partial charge in [0.05, 0.1) is 0 Å². The van der Waals surface area contributed by atoms with Gasteiger partial charge in [-0.05, 0) is 81.2 Å². The van der Waals surface area contributed by atoms with Gasteiger partial charge in [-0.2, -0.15) is 0 Å². The van der Waals surface area contributed by atoms with Gasteiger partial charge in [0.2, 0.25) is 0 Å². The highest BCUT2D eigenvalue weighted by atomic mass is 16.5. The molecule has 2 aromatic carbocycles. The van der Waals surface area contributed by atoms with Crippen molar-refractivity contribution in [2.45, 2.75) is 64.5 Å². The Kier molecular flexibility index (Phi) is 6.08. The molecule has 1 N–H and O–H groups in total. The number of benzene rings is 2. The molecule has 0 saturated heterocycles. The standard InChI is InChI=1S/C25H32N2O2/c1-18-17-21-10-4-6-13-23(21)27(18)16-8-15-26-25(28)19(2)29-24-14-7-11-20-9-3-5-12-22(20)24/h4,6-7,10-11,13-14,18-19H,3,5,8-9,12,15-17H2,1-2H3,(H,26,28)/t18-,19-/m1/s1. The second-order valence-electron chi connectivity index (χ2n) is 8.38. The lowest BCUT2D eigenvalue weighted by Crippen LogP contribution is -2.38. The predicted molar refractivity (Wildman–Crippen MR) is 118 cm³/mol. The lowest BCUT2D eigenvalue weighted by molar-refractivity contribution is -0.127. The molecule has 2 aromatic rings. The normalized spacial score (nSPS) is 18.7. The van der Waals surface area contributed by atoms with Crippen LogP contribution < -0.4 is 15.0 Å². The van der Waals surface area contributed by atoms with Gasteiger partial charge in [-0.15, -0.1) is 0 Å². The number of hydrogen-bond acceptors (Lipinski definition) is 3. The van der Waals surface area contributed by atoms with Crippen molar-refractivity contribution < 1.29 is 9.53 Å². The van der Waals surface area contributed by atoms with Crippen molar-refractivity contribution in [2.75, 3.05) is 18.0 Å². The average Bonchev–Trinajstić information content (AvgIpc) is 3.06. The van der Waals surface area contributed by atoms with Crippen molar-refractivity contribution in [2.24, 2.45) is 0 Å². The zero-order valence-electron chi connectivity index (χ0n) is 17.6. The van der Waals surface area contributed by atoms with Crippen LogP contribution in [0.1, 0.15) is 49.8 Å². The highest BCUT2D eigenvalue weighted by Gasteiger charge is 2.25. The summed E-state index contributed by atoms with van der Waals surface area (Å²) in [4.78, 5) is 15.0. The fourth-order valence-corrected chi connectivity index (χ4v) is 4.68. The summed E-state index contributed by atoms with van der Waals surface area (Å²) in [5.41, 5.74) is 5.44. The van der Waals surface area contributed by atoms with Crippen molar-refractivity contribution in [3.63, 3.8) is 0 Å².